The number of carbonyl (C=O) groups excluding carboxylic acids is 1. The second kappa shape index (κ2) is 7.30. The maximum atomic E-state index is 14.7. The van der Waals surface area contributed by atoms with Crippen LogP contribution in [0.1, 0.15) is 39.3 Å². The van der Waals surface area contributed by atoms with E-state index in [0.717, 1.165) is 16.8 Å². The molecule has 0 bridgehead atoms. The van der Waals surface area contributed by atoms with Crippen LogP contribution in [0.25, 0.3) is 11.1 Å². The van der Waals surface area contributed by atoms with Crippen molar-refractivity contribution in [1.29, 1.82) is 5.26 Å². The third-order valence-corrected chi connectivity index (χ3v) is 3.82. The third kappa shape index (κ3) is 4.30. The van der Waals surface area contributed by atoms with Gasteiger partial charge in [0.05, 0.1) is 11.6 Å². The van der Waals surface area contributed by atoms with Gasteiger partial charge in [0, 0.05) is 28.4 Å². The molecule has 0 aliphatic heterocycles. The van der Waals surface area contributed by atoms with Gasteiger partial charge in [0.2, 0.25) is 0 Å². The molecule has 0 aliphatic carbocycles. The zero-order chi connectivity index (χ0) is 19.6. The summed E-state index contributed by atoms with van der Waals surface area (Å²) in [4.78, 5) is 24.6. The minimum atomic E-state index is -1.000. The van der Waals surface area contributed by atoms with E-state index >= 15 is 0 Å². The Morgan fingerprint density at radius 3 is 2.54 bits per heavy atom. The lowest BCUT2D eigenvalue weighted by Crippen LogP contribution is -2.33. The summed E-state index contributed by atoms with van der Waals surface area (Å²) in [5, 5.41) is 9.50. The van der Waals surface area contributed by atoms with Gasteiger partial charge < -0.3 is 4.74 Å². The zero-order valence-electron chi connectivity index (χ0n) is 14.8. The normalized spacial score (nSPS) is 12.3. The molecule has 2 aromatic rings. The molecule has 7 heteroatoms. The molecular weight excluding hydrogens is 359 g/mol. The number of benzene rings is 1. The molecule has 0 radical (unpaired) electrons. The van der Waals surface area contributed by atoms with Gasteiger partial charge in [-0.15, -0.1) is 0 Å². The van der Waals surface area contributed by atoms with Crippen LogP contribution in [0.5, 0.6) is 0 Å². The number of nitrogens with zero attached hydrogens (tertiary/aromatic N) is 2. The topological polar surface area (TPSA) is 72.1 Å². The molecule has 5 nitrogen and oxygen atoms in total. The maximum Gasteiger partial charge on any atom is 0.329 e. The molecule has 136 valence electrons. The number of esters is 1. The second-order valence-corrected chi connectivity index (χ2v) is 7.23. The minimum Gasteiger partial charge on any atom is -0.458 e. The Balaban J connectivity index is 2.50. The van der Waals surface area contributed by atoms with Gasteiger partial charge in [-0.2, -0.15) is 5.26 Å². The molecule has 2 rings (SSSR count). The fraction of sp³-hybridized carbons (Fsp3) is 0.316. The Hall–Kier alpha value is -2.65. The number of hydrogen-bond acceptors (Lipinski definition) is 4. The van der Waals surface area contributed by atoms with Crippen molar-refractivity contribution in [3.05, 3.63) is 57.2 Å². The average Bonchev–Trinajstić information content (AvgIpc) is 2.54. The largest absolute Gasteiger partial charge is 0.458 e. The lowest BCUT2D eigenvalue weighted by Gasteiger charge is -2.23. The molecule has 0 spiro atoms. The summed E-state index contributed by atoms with van der Waals surface area (Å²) in [6, 6.07) is 6.36. The summed E-state index contributed by atoms with van der Waals surface area (Å²) in [6.45, 7) is 6.56. The molecule has 1 atom stereocenters. The SMILES string of the molecule is CC(C(=O)OC(C)(C)C)n1cc(F)c(-c2cc(Cl)ccc2C#N)cc1=O. The van der Waals surface area contributed by atoms with Gasteiger partial charge in [-0.3, -0.25) is 9.36 Å². The first-order valence-corrected chi connectivity index (χ1v) is 8.26. The van der Waals surface area contributed by atoms with Crippen LogP contribution in [-0.2, 0) is 9.53 Å². The van der Waals surface area contributed by atoms with Crippen molar-refractivity contribution in [1.82, 2.24) is 4.57 Å². The Kier molecular flexibility index (Phi) is 5.53. The number of pyridine rings is 1. The van der Waals surface area contributed by atoms with Gasteiger partial charge in [-0.25, -0.2) is 9.18 Å². The van der Waals surface area contributed by atoms with E-state index in [2.05, 4.69) is 0 Å². The summed E-state index contributed by atoms with van der Waals surface area (Å²) in [7, 11) is 0. The van der Waals surface area contributed by atoms with Gasteiger partial charge in [-0.05, 0) is 45.9 Å². The molecule has 0 saturated carbocycles. The smallest absolute Gasteiger partial charge is 0.329 e. The Morgan fingerprint density at radius 2 is 1.96 bits per heavy atom. The first-order valence-electron chi connectivity index (χ1n) is 7.88. The first-order chi connectivity index (χ1) is 12.0. The summed E-state index contributed by atoms with van der Waals surface area (Å²) < 4.78 is 20.9. The van der Waals surface area contributed by atoms with E-state index in [1.807, 2.05) is 6.07 Å². The van der Waals surface area contributed by atoms with Crippen LogP contribution >= 0.6 is 11.6 Å². The lowest BCUT2D eigenvalue weighted by molar-refractivity contribution is -0.158. The van der Waals surface area contributed by atoms with Gasteiger partial charge in [0.1, 0.15) is 17.5 Å². The molecule has 0 aliphatic rings. The highest BCUT2D eigenvalue weighted by Gasteiger charge is 2.25. The lowest BCUT2D eigenvalue weighted by atomic mass is 10.0. The van der Waals surface area contributed by atoms with Crippen LogP contribution in [0.3, 0.4) is 0 Å². The summed E-state index contributed by atoms with van der Waals surface area (Å²) in [6.07, 6.45) is 0.939. The van der Waals surface area contributed by atoms with Crippen molar-refractivity contribution in [2.24, 2.45) is 0 Å². The van der Waals surface area contributed by atoms with Crippen molar-refractivity contribution in [2.45, 2.75) is 39.3 Å². The molecule has 1 heterocycles. The maximum absolute atomic E-state index is 14.7. The van der Waals surface area contributed by atoms with E-state index in [-0.39, 0.29) is 16.7 Å². The van der Waals surface area contributed by atoms with Gasteiger partial charge in [0.25, 0.3) is 5.56 Å². The van der Waals surface area contributed by atoms with Crippen LogP contribution in [-0.4, -0.2) is 16.1 Å². The number of rotatable bonds is 3. The van der Waals surface area contributed by atoms with E-state index in [4.69, 9.17) is 16.3 Å². The van der Waals surface area contributed by atoms with Crippen LogP contribution in [0, 0.1) is 17.1 Å². The molecule has 26 heavy (non-hydrogen) atoms. The van der Waals surface area contributed by atoms with Crippen molar-refractivity contribution >= 4 is 17.6 Å². The van der Waals surface area contributed by atoms with Crippen LogP contribution in [0.2, 0.25) is 5.02 Å². The molecule has 0 saturated heterocycles. The predicted molar refractivity (Wildman–Crippen MR) is 96.4 cm³/mol. The number of hydrogen-bond donors (Lipinski definition) is 0. The van der Waals surface area contributed by atoms with E-state index in [1.165, 1.54) is 25.1 Å². The summed E-state index contributed by atoms with van der Waals surface area (Å²) in [5.41, 5.74) is -0.974. The van der Waals surface area contributed by atoms with Gasteiger partial charge in [-0.1, -0.05) is 11.6 Å². The van der Waals surface area contributed by atoms with Crippen LogP contribution in [0.4, 0.5) is 4.39 Å². The fourth-order valence-corrected chi connectivity index (χ4v) is 2.54. The Bertz CT molecular complexity index is 955. The number of nitriles is 1. The highest BCUT2D eigenvalue weighted by molar-refractivity contribution is 6.30. The zero-order valence-corrected chi connectivity index (χ0v) is 15.6. The van der Waals surface area contributed by atoms with E-state index in [1.54, 1.807) is 20.8 Å². The van der Waals surface area contributed by atoms with Crippen molar-refractivity contribution in [3.63, 3.8) is 0 Å². The third-order valence-electron chi connectivity index (χ3n) is 3.59. The molecule has 0 fully saturated rings. The fourth-order valence-electron chi connectivity index (χ4n) is 2.37. The number of carbonyl (C=O) groups is 1. The first kappa shape index (κ1) is 19.7. The number of halogens is 2. The van der Waals surface area contributed by atoms with Crippen molar-refractivity contribution in [3.8, 4) is 17.2 Å². The van der Waals surface area contributed by atoms with E-state index < -0.39 is 29.0 Å². The molecule has 1 aromatic carbocycles. The molecular formula is C19H18ClFN2O3. The van der Waals surface area contributed by atoms with Crippen molar-refractivity contribution < 1.29 is 13.9 Å². The monoisotopic (exact) mass is 376 g/mol. The Labute approximate surface area is 155 Å². The van der Waals surface area contributed by atoms with Gasteiger partial charge in [0.15, 0.2) is 0 Å². The number of ether oxygens (including phenoxy) is 1. The molecule has 0 amide bonds. The van der Waals surface area contributed by atoms with Gasteiger partial charge >= 0.3 is 5.97 Å². The highest BCUT2D eigenvalue weighted by atomic mass is 35.5. The van der Waals surface area contributed by atoms with Crippen LogP contribution < -0.4 is 5.56 Å². The minimum absolute atomic E-state index is 0.0540. The summed E-state index contributed by atoms with van der Waals surface area (Å²) in [5.74, 6) is -1.40. The second-order valence-electron chi connectivity index (χ2n) is 6.79. The van der Waals surface area contributed by atoms with E-state index in [9.17, 15) is 19.2 Å². The van der Waals surface area contributed by atoms with E-state index in [0.29, 0.717) is 5.02 Å². The quantitative estimate of drug-likeness (QED) is 0.756. The summed E-state index contributed by atoms with van der Waals surface area (Å²) >= 11 is 5.92. The molecule has 0 N–H and O–H groups in total. The average molecular weight is 377 g/mol. The number of aromatic nitrogens is 1. The Morgan fingerprint density at radius 1 is 1.31 bits per heavy atom. The van der Waals surface area contributed by atoms with Crippen LogP contribution in [0.15, 0.2) is 35.3 Å². The standard InChI is InChI=1S/C19H18ClFN2O3/c1-11(18(25)26-19(2,3)4)23-10-16(21)15(8-17(23)24)14-7-13(20)6-5-12(14)9-22/h5-8,10-11H,1-4H3. The molecule has 1 unspecified atom stereocenters. The molecule has 1 aromatic heterocycles. The predicted octanol–water partition coefficient (Wildman–Crippen LogP) is 4.08. The van der Waals surface area contributed by atoms with Crippen molar-refractivity contribution in [2.75, 3.05) is 0 Å². The highest BCUT2D eigenvalue weighted by Crippen LogP contribution is 2.28.